The van der Waals surface area contributed by atoms with Crippen molar-refractivity contribution in [2.45, 2.75) is 31.2 Å². The molecule has 1 aliphatic heterocycles. The van der Waals surface area contributed by atoms with Crippen LogP contribution in [0.3, 0.4) is 0 Å². The molecule has 0 fully saturated rings. The molecule has 1 heterocycles. The fraction of sp³-hybridized carbons (Fsp3) is 0.316. The maximum Gasteiger partial charge on any atom is 0.243 e. The second kappa shape index (κ2) is 7.13. The first kappa shape index (κ1) is 19.1. The van der Waals surface area contributed by atoms with Crippen LogP contribution in [0.15, 0.2) is 51.8 Å². The van der Waals surface area contributed by atoms with Gasteiger partial charge < -0.3 is 4.90 Å². The fourth-order valence-corrected chi connectivity index (χ4v) is 4.75. The predicted octanol–water partition coefficient (Wildman–Crippen LogP) is 3.36. The standard InChI is InChI=1S/C19H21BrN2O3S/c1-13-4-7-17(8-5-13)26(24,25)21(3)12-19(23)22-14(2)10-15-11-16(20)6-9-18(15)22/h4-9,11,14H,10,12H2,1-3H3/t14-/m0/s1. The number of anilines is 1. The van der Waals surface area contributed by atoms with Crippen molar-refractivity contribution in [1.82, 2.24) is 4.31 Å². The van der Waals surface area contributed by atoms with Gasteiger partial charge in [0, 0.05) is 23.2 Å². The van der Waals surface area contributed by atoms with Crippen LogP contribution < -0.4 is 4.90 Å². The number of halogens is 1. The molecule has 3 rings (SSSR count). The number of rotatable bonds is 4. The highest BCUT2D eigenvalue weighted by atomic mass is 79.9. The topological polar surface area (TPSA) is 57.7 Å². The summed E-state index contributed by atoms with van der Waals surface area (Å²) < 4.78 is 27.5. The molecular formula is C19H21BrN2O3S. The van der Waals surface area contributed by atoms with E-state index in [0.717, 1.165) is 32.0 Å². The number of benzene rings is 2. The van der Waals surface area contributed by atoms with Gasteiger partial charge in [-0.15, -0.1) is 0 Å². The van der Waals surface area contributed by atoms with Gasteiger partial charge in [-0.25, -0.2) is 8.42 Å². The molecule has 0 saturated heterocycles. The Labute approximate surface area is 162 Å². The van der Waals surface area contributed by atoms with Crippen LogP contribution in [0.1, 0.15) is 18.1 Å². The summed E-state index contributed by atoms with van der Waals surface area (Å²) >= 11 is 3.45. The summed E-state index contributed by atoms with van der Waals surface area (Å²) in [7, 11) is -2.26. The Bertz CT molecular complexity index is 942. The number of carbonyl (C=O) groups is 1. The first-order valence-corrected chi connectivity index (χ1v) is 10.6. The van der Waals surface area contributed by atoms with Crippen molar-refractivity contribution in [2.75, 3.05) is 18.5 Å². The number of aryl methyl sites for hydroxylation is 1. The Morgan fingerprint density at radius 3 is 2.54 bits per heavy atom. The van der Waals surface area contributed by atoms with Crippen LogP contribution in [0, 0.1) is 6.92 Å². The van der Waals surface area contributed by atoms with Crippen molar-refractivity contribution in [3.05, 3.63) is 58.1 Å². The molecule has 1 amide bonds. The lowest BCUT2D eigenvalue weighted by molar-refractivity contribution is -0.118. The third-order valence-electron chi connectivity index (χ3n) is 4.61. The zero-order valence-corrected chi connectivity index (χ0v) is 17.3. The molecule has 0 saturated carbocycles. The van der Waals surface area contributed by atoms with E-state index in [-0.39, 0.29) is 23.4 Å². The smallest absolute Gasteiger partial charge is 0.243 e. The Morgan fingerprint density at radius 2 is 1.88 bits per heavy atom. The van der Waals surface area contributed by atoms with Gasteiger partial charge in [-0.05, 0) is 56.2 Å². The monoisotopic (exact) mass is 436 g/mol. The molecule has 0 aromatic heterocycles. The third-order valence-corrected chi connectivity index (χ3v) is 6.92. The zero-order chi connectivity index (χ0) is 19.1. The molecule has 0 radical (unpaired) electrons. The van der Waals surface area contributed by atoms with E-state index < -0.39 is 10.0 Å². The molecule has 2 aromatic carbocycles. The summed E-state index contributed by atoms with van der Waals surface area (Å²) in [5, 5.41) is 0. The molecule has 0 bridgehead atoms. The lowest BCUT2D eigenvalue weighted by atomic mass is 10.1. The molecule has 5 nitrogen and oxygen atoms in total. The molecule has 7 heteroatoms. The molecule has 0 N–H and O–H groups in total. The molecule has 138 valence electrons. The highest BCUT2D eigenvalue weighted by Gasteiger charge is 2.33. The maximum atomic E-state index is 12.9. The molecule has 0 aliphatic carbocycles. The molecule has 0 spiro atoms. The summed E-state index contributed by atoms with van der Waals surface area (Å²) in [6.45, 7) is 3.67. The van der Waals surface area contributed by atoms with Gasteiger partial charge in [0.15, 0.2) is 0 Å². The van der Waals surface area contributed by atoms with Crippen LogP contribution in [0.2, 0.25) is 0 Å². The molecule has 26 heavy (non-hydrogen) atoms. The predicted molar refractivity (Wildman–Crippen MR) is 106 cm³/mol. The van der Waals surface area contributed by atoms with E-state index >= 15 is 0 Å². The number of amides is 1. The average Bonchev–Trinajstić information content (AvgIpc) is 2.89. The summed E-state index contributed by atoms with van der Waals surface area (Å²) in [6.07, 6.45) is 0.759. The van der Waals surface area contributed by atoms with Gasteiger partial charge in [-0.2, -0.15) is 4.31 Å². The molecule has 0 unspecified atom stereocenters. The molecule has 1 atom stereocenters. The highest BCUT2D eigenvalue weighted by Crippen LogP contribution is 2.34. The second-order valence-electron chi connectivity index (χ2n) is 6.66. The number of likely N-dealkylation sites (N-methyl/N-ethyl adjacent to an activating group) is 1. The first-order chi connectivity index (χ1) is 12.2. The second-order valence-corrected chi connectivity index (χ2v) is 9.62. The Hall–Kier alpha value is -1.70. The Morgan fingerprint density at radius 1 is 1.23 bits per heavy atom. The number of sulfonamides is 1. The molecular weight excluding hydrogens is 416 g/mol. The van der Waals surface area contributed by atoms with Crippen molar-refractivity contribution in [1.29, 1.82) is 0 Å². The van der Waals surface area contributed by atoms with Gasteiger partial charge in [-0.1, -0.05) is 33.6 Å². The summed E-state index contributed by atoms with van der Waals surface area (Å²) in [4.78, 5) is 14.7. The number of carbonyl (C=O) groups excluding carboxylic acids is 1. The van der Waals surface area contributed by atoms with Crippen LogP contribution in [0.4, 0.5) is 5.69 Å². The number of nitrogens with zero attached hydrogens (tertiary/aromatic N) is 2. The van der Waals surface area contributed by atoms with E-state index in [4.69, 9.17) is 0 Å². The van der Waals surface area contributed by atoms with Crippen LogP contribution in [-0.4, -0.2) is 38.3 Å². The van der Waals surface area contributed by atoms with Crippen molar-refractivity contribution in [2.24, 2.45) is 0 Å². The van der Waals surface area contributed by atoms with E-state index in [1.165, 1.54) is 7.05 Å². The maximum absolute atomic E-state index is 12.9. The molecule has 2 aromatic rings. The largest absolute Gasteiger partial charge is 0.308 e. The lowest BCUT2D eigenvalue weighted by Gasteiger charge is -2.25. The van der Waals surface area contributed by atoms with Gasteiger partial charge in [0.2, 0.25) is 15.9 Å². The average molecular weight is 437 g/mol. The van der Waals surface area contributed by atoms with Crippen molar-refractivity contribution >= 4 is 37.5 Å². The minimum atomic E-state index is -3.70. The van der Waals surface area contributed by atoms with Crippen molar-refractivity contribution in [3.8, 4) is 0 Å². The SMILES string of the molecule is Cc1ccc(S(=O)(=O)N(C)CC(=O)N2c3ccc(Br)cc3C[C@@H]2C)cc1. The minimum Gasteiger partial charge on any atom is -0.308 e. The van der Waals surface area contributed by atoms with Gasteiger partial charge in [0.1, 0.15) is 0 Å². The Balaban J connectivity index is 1.81. The number of hydrogen-bond donors (Lipinski definition) is 0. The van der Waals surface area contributed by atoms with E-state index in [1.807, 2.05) is 32.0 Å². The van der Waals surface area contributed by atoms with Gasteiger partial charge >= 0.3 is 0 Å². The van der Waals surface area contributed by atoms with Crippen LogP contribution in [-0.2, 0) is 21.2 Å². The lowest BCUT2D eigenvalue weighted by Crippen LogP contribution is -2.43. The van der Waals surface area contributed by atoms with E-state index in [9.17, 15) is 13.2 Å². The normalized spacial score (nSPS) is 16.8. The van der Waals surface area contributed by atoms with Crippen LogP contribution in [0.5, 0.6) is 0 Å². The summed E-state index contributed by atoms with van der Waals surface area (Å²) in [6, 6.07) is 12.4. The van der Waals surface area contributed by atoms with Crippen LogP contribution >= 0.6 is 15.9 Å². The zero-order valence-electron chi connectivity index (χ0n) is 14.9. The summed E-state index contributed by atoms with van der Waals surface area (Å²) in [5.41, 5.74) is 2.92. The Kier molecular flexibility index (Phi) is 5.23. The number of hydrogen-bond acceptors (Lipinski definition) is 3. The quantitative estimate of drug-likeness (QED) is 0.737. The van der Waals surface area contributed by atoms with E-state index in [0.29, 0.717) is 0 Å². The molecule has 1 aliphatic rings. The minimum absolute atomic E-state index is 0.00211. The highest BCUT2D eigenvalue weighted by molar-refractivity contribution is 9.10. The summed E-state index contributed by atoms with van der Waals surface area (Å²) in [5.74, 6) is -0.225. The fourth-order valence-electron chi connectivity index (χ4n) is 3.22. The first-order valence-electron chi connectivity index (χ1n) is 8.33. The third kappa shape index (κ3) is 3.56. The van der Waals surface area contributed by atoms with Gasteiger partial charge in [0.05, 0.1) is 11.4 Å². The van der Waals surface area contributed by atoms with Gasteiger partial charge in [0.25, 0.3) is 0 Å². The van der Waals surface area contributed by atoms with Crippen LogP contribution in [0.25, 0.3) is 0 Å². The number of fused-ring (bicyclic) bond motifs is 1. The van der Waals surface area contributed by atoms with Gasteiger partial charge in [-0.3, -0.25) is 4.79 Å². The van der Waals surface area contributed by atoms with Crippen molar-refractivity contribution < 1.29 is 13.2 Å². The van der Waals surface area contributed by atoms with E-state index in [2.05, 4.69) is 15.9 Å². The van der Waals surface area contributed by atoms with Crippen molar-refractivity contribution in [3.63, 3.8) is 0 Å². The van der Waals surface area contributed by atoms with E-state index in [1.54, 1.807) is 29.2 Å².